The van der Waals surface area contributed by atoms with E-state index in [2.05, 4.69) is 25.4 Å². The Labute approximate surface area is 168 Å². The highest BCUT2D eigenvalue weighted by atomic mass is 32.1. The minimum atomic E-state index is -0.940. The Bertz CT molecular complexity index is 1220. The average molecular weight is 414 g/mol. The molecule has 4 rings (SSSR count). The second-order valence-corrected chi connectivity index (χ2v) is 7.31. The highest BCUT2D eigenvalue weighted by Gasteiger charge is 2.14. The third-order valence-electron chi connectivity index (χ3n) is 4.56. The van der Waals surface area contributed by atoms with Crippen molar-refractivity contribution in [3.63, 3.8) is 0 Å². The van der Waals surface area contributed by atoms with Gasteiger partial charge in [0.1, 0.15) is 6.33 Å². The maximum atomic E-state index is 13.4. The topological polar surface area (TPSA) is 85.1 Å². The van der Waals surface area contributed by atoms with Gasteiger partial charge in [0.2, 0.25) is 5.91 Å². The van der Waals surface area contributed by atoms with Gasteiger partial charge in [0, 0.05) is 28.8 Å². The standard InChI is InChI=1S/C19H16F2N6OS/c1-10-13(11(2)27-18(24-10)22-9-23-27)4-6-17(28)26-19-25-16(8-29-19)12-3-5-14(20)15(21)7-12/h3,5,7-9H,4,6H2,1-2H3,(H,25,26,28). The molecule has 0 bridgehead atoms. The van der Waals surface area contributed by atoms with Crippen molar-refractivity contribution >= 4 is 28.2 Å². The highest BCUT2D eigenvalue weighted by molar-refractivity contribution is 7.14. The van der Waals surface area contributed by atoms with Gasteiger partial charge in [0.25, 0.3) is 5.78 Å². The number of thiazole rings is 1. The Hall–Kier alpha value is -3.27. The van der Waals surface area contributed by atoms with Gasteiger partial charge in [-0.3, -0.25) is 4.79 Å². The van der Waals surface area contributed by atoms with Gasteiger partial charge in [-0.2, -0.15) is 10.1 Å². The van der Waals surface area contributed by atoms with Crippen molar-refractivity contribution in [1.82, 2.24) is 24.6 Å². The number of amides is 1. The molecule has 10 heteroatoms. The maximum Gasteiger partial charge on any atom is 0.252 e. The van der Waals surface area contributed by atoms with Crippen molar-refractivity contribution in [3.05, 3.63) is 58.5 Å². The van der Waals surface area contributed by atoms with Crippen LogP contribution < -0.4 is 5.32 Å². The zero-order valence-electron chi connectivity index (χ0n) is 15.6. The van der Waals surface area contributed by atoms with E-state index in [1.165, 1.54) is 23.7 Å². The molecule has 0 saturated carbocycles. The Morgan fingerprint density at radius 2 is 2.03 bits per heavy atom. The number of anilines is 1. The summed E-state index contributed by atoms with van der Waals surface area (Å²) in [6.45, 7) is 3.79. The van der Waals surface area contributed by atoms with Gasteiger partial charge in [0.15, 0.2) is 16.8 Å². The van der Waals surface area contributed by atoms with Gasteiger partial charge in [-0.25, -0.2) is 23.3 Å². The molecule has 3 aromatic heterocycles. The number of aryl methyl sites for hydroxylation is 2. The van der Waals surface area contributed by atoms with Crippen molar-refractivity contribution in [1.29, 1.82) is 0 Å². The van der Waals surface area contributed by atoms with Crippen LogP contribution in [0.15, 0.2) is 29.9 Å². The molecule has 0 spiro atoms. The van der Waals surface area contributed by atoms with E-state index in [4.69, 9.17) is 0 Å². The number of rotatable bonds is 5. The fraction of sp³-hybridized carbons (Fsp3) is 0.211. The normalized spacial score (nSPS) is 11.2. The predicted molar refractivity (Wildman–Crippen MR) is 105 cm³/mol. The molecule has 0 aliphatic rings. The van der Waals surface area contributed by atoms with Gasteiger partial charge >= 0.3 is 0 Å². The SMILES string of the molecule is Cc1nc2ncnn2c(C)c1CCC(=O)Nc1nc(-c2ccc(F)c(F)c2)cs1. The number of hydrogen-bond donors (Lipinski definition) is 1. The van der Waals surface area contributed by atoms with Crippen molar-refractivity contribution in [3.8, 4) is 11.3 Å². The lowest BCUT2D eigenvalue weighted by molar-refractivity contribution is -0.116. The van der Waals surface area contributed by atoms with Crippen LogP contribution in [0.5, 0.6) is 0 Å². The van der Waals surface area contributed by atoms with Crippen LogP contribution in [0.2, 0.25) is 0 Å². The van der Waals surface area contributed by atoms with Gasteiger partial charge in [0.05, 0.1) is 5.69 Å². The monoisotopic (exact) mass is 414 g/mol. The fourth-order valence-corrected chi connectivity index (χ4v) is 3.79. The first-order valence-electron chi connectivity index (χ1n) is 8.79. The van der Waals surface area contributed by atoms with Crippen LogP contribution in [-0.2, 0) is 11.2 Å². The lowest BCUT2D eigenvalue weighted by Gasteiger charge is -2.10. The molecular formula is C19H16F2N6OS. The molecule has 1 aromatic carbocycles. The fourth-order valence-electron chi connectivity index (χ4n) is 3.06. The second kappa shape index (κ2) is 7.63. The third kappa shape index (κ3) is 3.83. The third-order valence-corrected chi connectivity index (χ3v) is 5.31. The quantitative estimate of drug-likeness (QED) is 0.538. The second-order valence-electron chi connectivity index (χ2n) is 6.45. The molecule has 7 nitrogen and oxygen atoms in total. The minimum Gasteiger partial charge on any atom is -0.302 e. The Morgan fingerprint density at radius 1 is 1.21 bits per heavy atom. The molecule has 0 unspecified atom stereocenters. The van der Waals surface area contributed by atoms with E-state index in [9.17, 15) is 13.6 Å². The molecule has 0 radical (unpaired) electrons. The summed E-state index contributed by atoms with van der Waals surface area (Å²) in [5.41, 5.74) is 3.56. The van der Waals surface area contributed by atoms with Crippen LogP contribution in [0.3, 0.4) is 0 Å². The Kier molecular flexibility index (Phi) is 5.01. The van der Waals surface area contributed by atoms with Gasteiger partial charge in [-0.1, -0.05) is 0 Å². The van der Waals surface area contributed by atoms with Gasteiger partial charge < -0.3 is 5.32 Å². The number of carbonyl (C=O) groups is 1. The summed E-state index contributed by atoms with van der Waals surface area (Å²) in [7, 11) is 0. The molecule has 3 heterocycles. The van der Waals surface area contributed by atoms with E-state index in [0.717, 1.165) is 29.1 Å². The number of fused-ring (bicyclic) bond motifs is 1. The minimum absolute atomic E-state index is 0.200. The number of aromatic nitrogens is 5. The van der Waals surface area contributed by atoms with Crippen molar-refractivity contribution in [2.75, 3.05) is 5.32 Å². The molecule has 0 aliphatic carbocycles. The van der Waals surface area contributed by atoms with Crippen molar-refractivity contribution in [2.24, 2.45) is 0 Å². The summed E-state index contributed by atoms with van der Waals surface area (Å²) in [4.78, 5) is 25.1. The van der Waals surface area contributed by atoms with Crippen LogP contribution in [0.1, 0.15) is 23.4 Å². The van der Waals surface area contributed by atoms with E-state index in [1.54, 1.807) is 9.90 Å². The van der Waals surface area contributed by atoms with E-state index in [0.29, 0.717) is 28.6 Å². The van der Waals surface area contributed by atoms with Crippen molar-refractivity contribution in [2.45, 2.75) is 26.7 Å². The smallest absolute Gasteiger partial charge is 0.252 e. The van der Waals surface area contributed by atoms with Gasteiger partial charge in [-0.15, -0.1) is 11.3 Å². The molecular weight excluding hydrogens is 398 g/mol. The number of hydrogen-bond acceptors (Lipinski definition) is 6. The Morgan fingerprint density at radius 3 is 2.83 bits per heavy atom. The molecule has 1 N–H and O–H groups in total. The van der Waals surface area contributed by atoms with Gasteiger partial charge in [-0.05, 0) is 44.0 Å². The summed E-state index contributed by atoms with van der Waals surface area (Å²) in [6.07, 6.45) is 2.18. The Balaban J connectivity index is 1.43. The predicted octanol–water partition coefficient (Wildman–Crippen LogP) is 3.71. The summed E-state index contributed by atoms with van der Waals surface area (Å²) >= 11 is 1.22. The molecule has 148 valence electrons. The number of nitrogens with one attached hydrogen (secondary N) is 1. The lowest BCUT2D eigenvalue weighted by Crippen LogP contribution is -2.14. The first-order chi connectivity index (χ1) is 13.9. The number of halogens is 2. The van der Waals surface area contributed by atoms with Crippen LogP contribution in [0.25, 0.3) is 17.0 Å². The van der Waals surface area contributed by atoms with E-state index in [1.807, 2.05) is 13.8 Å². The summed E-state index contributed by atoms with van der Waals surface area (Å²) < 4.78 is 28.1. The molecule has 0 aliphatic heterocycles. The number of nitrogens with zero attached hydrogens (tertiary/aromatic N) is 5. The van der Waals surface area contributed by atoms with Crippen LogP contribution in [0.4, 0.5) is 13.9 Å². The zero-order chi connectivity index (χ0) is 20.5. The average Bonchev–Trinajstić information content (AvgIpc) is 3.33. The first-order valence-corrected chi connectivity index (χ1v) is 9.67. The molecule has 0 fully saturated rings. The van der Waals surface area contributed by atoms with E-state index in [-0.39, 0.29) is 12.3 Å². The molecule has 0 atom stereocenters. The summed E-state index contributed by atoms with van der Waals surface area (Å²) in [5.74, 6) is -1.53. The molecule has 0 saturated heterocycles. The van der Waals surface area contributed by atoms with Crippen LogP contribution in [0, 0.1) is 25.5 Å². The largest absolute Gasteiger partial charge is 0.302 e. The van der Waals surface area contributed by atoms with Crippen LogP contribution >= 0.6 is 11.3 Å². The number of benzene rings is 1. The lowest BCUT2D eigenvalue weighted by atomic mass is 10.1. The zero-order valence-corrected chi connectivity index (χ0v) is 16.4. The summed E-state index contributed by atoms with van der Waals surface area (Å²) in [6, 6.07) is 3.57. The molecule has 29 heavy (non-hydrogen) atoms. The number of carbonyl (C=O) groups excluding carboxylic acids is 1. The van der Waals surface area contributed by atoms with Crippen LogP contribution in [-0.4, -0.2) is 30.5 Å². The van der Waals surface area contributed by atoms with Crippen molar-refractivity contribution < 1.29 is 13.6 Å². The molecule has 1 amide bonds. The first kappa shape index (κ1) is 19.1. The molecule has 4 aromatic rings. The highest BCUT2D eigenvalue weighted by Crippen LogP contribution is 2.26. The van der Waals surface area contributed by atoms with E-state index < -0.39 is 11.6 Å². The summed E-state index contributed by atoms with van der Waals surface area (Å²) in [5, 5.41) is 8.96. The maximum absolute atomic E-state index is 13.4. The van der Waals surface area contributed by atoms with E-state index >= 15 is 0 Å².